The zero-order chi connectivity index (χ0) is 15.3. The summed E-state index contributed by atoms with van der Waals surface area (Å²) in [6.45, 7) is 0.543. The fourth-order valence-corrected chi connectivity index (χ4v) is 2.15. The summed E-state index contributed by atoms with van der Waals surface area (Å²) in [4.78, 5) is 7.47. The minimum atomic E-state index is -4.42. The van der Waals surface area contributed by atoms with Crippen LogP contribution in [-0.4, -0.2) is 23.1 Å². The van der Waals surface area contributed by atoms with E-state index in [9.17, 15) is 13.2 Å². The Hall–Kier alpha value is -2.10. The maximum Gasteiger partial charge on any atom is 0.434 e. The lowest BCUT2D eigenvalue weighted by atomic mass is 10.4. The van der Waals surface area contributed by atoms with Crippen LogP contribution in [0.4, 0.5) is 13.2 Å². The zero-order valence-corrected chi connectivity index (χ0v) is 11.8. The zero-order valence-electron chi connectivity index (χ0n) is 10.9. The van der Waals surface area contributed by atoms with E-state index in [1.54, 1.807) is 13.1 Å². The monoisotopic (exact) mass is 319 g/mol. The number of aliphatic imine (C=N–C) groups is 1. The van der Waals surface area contributed by atoms with Crippen LogP contribution in [-0.2, 0) is 19.3 Å². The number of rotatable bonds is 4. The molecule has 0 unspecified atom stereocenters. The highest BCUT2D eigenvalue weighted by atomic mass is 32.1. The van der Waals surface area contributed by atoms with E-state index in [0.29, 0.717) is 23.2 Å². The van der Waals surface area contributed by atoms with Crippen LogP contribution in [0.1, 0.15) is 16.4 Å². The van der Waals surface area contributed by atoms with Gasteiger partial charge in [-0.1, -0.05) is 5.16 Å². The predicted molar refractivity (Wildman–Crippen MR) is 70.7 cm³/mol. The molecular formula is C11H12F3N5OS. The first-order valence-electron chi connectivity index (χ1n) is 5.84. The molecule has 0 saturated heterocycles. The highest BCUT2D eigenvalue weighted by Crippen LogP contribution is 2.29. The smallest absolute Gasteiger partial charge is 0.364 e. The third-order valence-corrected chi connectivity index (χ3v) is 3.25. The molecule has 0 amide bonds. The van der Waals surface area contributed by atoms with Crippen molar-refractivity contribution < 1.29 is 17.7 Å². The average molecular weight is 319 g/mol. The number of alkyl halides is 3. The molecule has 2 aromatic rings. The van der Waals surface area contributed by atoms with Gasteiger partial charge in [-0.15, -0.1) is 11.3 Å². The van der Waals surface area contributed by atoms with Gasteiger partial charge in [-0.2, -0.15) is 13.2 Å². The van der Waals surface area contributed by atoms with E-state index >= 15 is 0 Å². The lowest BCUT2D eigenvalue weighted by Gasteiger charge is -2.09. The van der Waals surface area contributed by atoms with Crippen LogP contribution >= 0.6 is 11.3 Å². The molecule has 0 fully saturated rings. The van der Waals surface area contributed by atoms with Crippen LogP contribution in [0.15, 0.2) is 27.2 Å². The number of nitrogens with zero attached hydrogens (tertiary/aromatic N) is 3. The molecule has 0 radical (unpaired) electrons. The molecule has 21 heavy (non-hydrogen) atoms. The van der Waals surface area contributed by atoms with Crippen molar-refractivity contribution in [3.8, 4) is 0 Å². The molecular weight excluding hydrogens is 307 g/mol. The molecule has 0 aliphatic carbocycles. The van der Waals surface area contributed by atoms with Gasteiger partial charge in [0.25, 0.3) is 0 Å². The number of hydrogen-bond acceptors (Lipinski definition) is 5. The van der Waals surface area contributed by atoms with Gasteiger partial charge in [0.15, 0.2) is 11.7 Å². The largest absolute Gasteiger partial charge is 0.434 e. The summed E-state index contributed by atoms with van der Waals surface area (Å²) in [5.74, 6) is 0.432. The van der Waals surface area contributed by atoms with Crippen molar-refractivity contribution in [2.75, 3.05) is 7.05 Å². The number of guanidine groups is 1. The Morgan fingerprint density at radius 3 is 2.71 bits per heavy atom. The standard InChI is InChI=1S/C11H12F3N5OS/c1-15-10(16-4-7-2-3-20-19-7)17-5-9-18-8(6-21-9)11(12,13)14/h2-3,6H,4-5H2,1H3,(H2,15,16,17). The van der Waals surface area contributed by atoms with Gasteiger partial charge < -0.3 is 15.2 Å². The molecule has 10 heteroatoms. The lowest BCUT2D eigenvalue weighted by Crippen LogP contribution is -2.36. The maximum absolute atomic E-state index is 12.4. The van der Waals surface area contributed by atoms with E-state index in [4.69, 9.17) is 0 Å². The molecule has 114 valence electrons. The molecule has 0 saturated carbocycles. The summed E-state index contributed by atoms with van der Waals surface area (Å²) >= 11 is 0.941. The van der Waals surface area contributed by atoms with E-state index in [1.807, 2.05) is 0 Å². The Kier molecular flexibility index (Phi) is 4.78. The van der Waals surface area contributed by atoms with Gasteiger partial charge in [-0.05, 0) is 0 Å². The van der Waals surface area contributed by atoms with Gasteiger partial charge in [0.05, 0.1) is 13.1 Å². The fourth-order valence-electron chi connectivity index (χ4n) is 1.41. The molecule has 0 aliphatic rings. The van der Waals surface area contributed by atoms with Gasteiger partial charge in [0, 0.05) is 18.5 Å². The van der Waals surface area contributed by atoms with Crippen molar-refractivity contribution in [3.05, 3.63) is 34.1 Å². The summed E-state index contributed by atoms with van der Waals surface area (Å²) < 4.78 is 41.9. The van der Waals surface area contributed by atoms with Crippen LogP contribution in [0, 0.1) is 0 Å². The van der Waals surface area contributed by atoms with Crippen LogP contribution < -0.4 is 10.6 Å². The Morgan fingerprint density at radius 2 is 2.14 bits per heavy atom. The minimum absolute atomic E-state index is 0.152. The summed E-state index contributed by atoms with van der Waals surface area (Å²) in [5, 5.41) is 10.9. The molecule has 0 aromatic carbocycles. The number of hydrogen-bond donors (Lipinski definition) is 2. The van der Waals surface area contributed by atoms with Crippen LogP contribution in [0.2, 0.25) is 0 Å². The van der Waals surface area contributed by atoms with Gasteiger partial charge in [0.1, 0.15) is 17.0 Å². The van der Waals surface area contributed by atoms with Crippen molar-refractivity contribution in [3.63, 3.8) is 0 Å². The second kappa shape index (κ2) is 6.57. The van der Waals surface area contributed by atoms with Gasteiger partial charge >= 0.3 is 6.18 Å². The van der Waals surface area contributed by atoms with Crippen LogP contribution in [0.3, 0.4) is 0 Å². The Labute approximate surface area is 122 Å². The van der Waals surface area contributed by atoms with E-state index < -0.39 is 11.9 Å². The minimum Gasteiger partial charge on any atom is -0.364 e. The number of nitrogens with one attached hydrogen (secondary N) is 2. The molecule has 2 N–H and O–H groups in total. The van der Waals surface area contributed by atoms with Gasteiger partial charge in [0.2, 0.25) is 0 Å². The van der Waals surface area contributed by atoms with Crippen molar-refractivity contribution in [2.45, 2.75) is 19.3 Å². The summed E-state index contributed by atoms with van der Waals surface area (Å²) in [6, 6.07) is 1.69. The van der Waals surface area contributed by atoms with E-state index in [0.717, 1.165) is 16.7 Å². The normalized spacial score (nSPS) is 12.5. The van der Waals surface area contributed by atoms with Crippen molar-refractivity contribution in [1.82, 2.24) is 20.8 Å². The Morgan fingerprint density at radius 1 is 1.38 bits per heavy atom. The summed E-state index contributed by atoms with van der Waals surface area (Å²) in [7, 11) is 1.56. The van der Waals surface area contributed by atoms with Gasteiger partial charge in [-0.25, -0.2) is 4.98 Å². The second-order valence-electron chi connectivity index (χ2n) is 3.89. The second-order valence-corrected chi connectivity index (χ2v) is 4.84. The summed E-state index contributed by atoms with van der Waals surface area (Å²) in [5.41, 5.74) is -0.193. The molecule has 0 spiro atoms. The molecule has 6 nitrogen and oxygen atoms in total. The quantitative estimate of drug-likeness (QED) is 0.666. The van der Waals surface area contributed by atoms with Crippen molar-refractivity contribution in [1.29, 1.82) is 0 Å². The van der Waals surface area contributed by atoms with Crippen molar-refractivity contribution in [2.24, 2.45) is 4.99 Å². The SMILES string of the molecule is CN=C(NCc1ccon1)NCc1nc(C(F)(F)F)cs1. The fraction of sp³-hybridized carbons (Fsp3) is 0.364. The summed E-state index contributed by atoms with van der Waals surface area (Å²) in [6.07, 6.45) is -2.97. The third-order valence-electron chi connectivity index (χ3n) is 2.40. The van der Waals surface area contributed by atoms with Crippen molar-refractivity contribution >= 4 is 17.3 Å². The predicted octanol–water partition coefficient (Wildman–Crippen LogP) is 2.02. The topological polar surface area (TPSA) is 75.3 Å². The average Bonchev–Trinajstić information content (AvgIpc) is 3.09. The first-order valence-corrected chi connectivity index (χ1v) is 6.72. The molecule has 0 atom stereocenters. The van der Waals surface area contributed by atoms with Crippen LogP contribution in [0.25, 0.3) is 0 Å². The molecule has 0 bridgehead atoms. The lowest BCUT2D eigenvalue weighted by molar-refractivity contribution is -0.140. The van der Waals surface area contributed by atoms with E-state index in [2.05, 4.69) is 30.3 Å². The third kappa shape index (κ3) is 4.45. The maximum atomic E-state index is 12.4. The number of thiazole rings is 1. The molecule has 2 aromatic heterocycles. The molecule has 0 aliphatic heterocycles. The molecule has 2 heterocycles. The highest BCUT2D eigenvalue weighted by Gasteiger charge is 2.33. The first-order chi connectivity index (χ1) is 9.99. The Bertz CT molecular complexity index is 593. The van der Waals surface area contributed by atoms with E-state index in [-0.39, 0.29) is 6.54 Å². The van der Waals surface area contributed by atoms with Gasteiger partial charge in [-0.3, -0.25) is 4.99 Å². The number of aromatic nitrogens is 2. The van der Waals surface area contributed by atoms with Crippen LogP contribution in [0.5, 0.6) is 0 Å². The van der Waals surface area contributed by atoms with E-state index in [1.165, 1.54) is 6.26 Å². The first kappa shape index (κ1) is 15.3. The number of halogens is 3. The Balaban J connectivity index is 1.84. The highest BCUT2D eigenvalue weighted by molar-refractivity contribution is 7.09. The molecule has 2 rings (SSSR count).